The minimum atomic E-state index is -1.17. The summed E-state index contributed by atoms with van der Waals surface area (Å²) in [5.41, 5.74) is 0. The average Bonchev–Trinajstić information content (AvgIpc) is 1.63. The fourth-order valence-corrected chi connectivity index (χ4v) is 0.248. The van der Waals surface area contributed by atoms with Crippen molar-refractivity contribution in [3.8, 4) is 0 Å². The molecular weight excluding hydrogens is 124 g/mol. The molecule has 0 saturated carbocycles. The predicted octanol–water partition coefficient (Wildman–Crippen LogP) is -0.163. The van der Waals surface area contributed by atoms with Crippen molar-refractivity contribution in [3.63, 3.8) is 0 Å². The molecule has 0 heterocycles. The average molecular weight is 131 g/mol. The summed E-state index contributed by atoms with van der Waals surface area (Å²) in [4.78, 5) is 19.9. The first kappa shape index (κ1) is 7.94. The third-order valence-electron chi connectivity index (χ3n) is 0.656. The van der Waals surface area contributed by atoms with Gasteiger partial charge in [-0.05, 0) is 6.92 Å². The summed E-state index contributed by atoms with van der Waals surface area (Å²) >= 11 is 0. The Bertz CT molecular complexity index is 129. The maximum Gasteiger partial charge on any atom is 0.344 e. The summed E-state index contributed by atoms with van der Waals surface area (Å²) in [6, 6.07) is 0. The second-order valence-corrected chi connectivity index (χ2v) is 1.47. The van der Waals surface area contributed by atoms with Gasteiger partial charge in [-0.2, -0.15) is 0 Å². The fraction of sp³-hybridized carbons (Fsp3) is 0.400. The van der Waals surface area contributed by atoms with E-state index in [-0.39, 0.29) is 0 Å². The molecule has 4 heteroatoms. The van der Waals surface area contributed by atoms with Gasteiger partial charge < -0.3 is 9.84 Å². The number of hydrogen-bond donors (Lipinski definition) is 1. The maximum atomic E-state index is 9.96. The van der Waals surface area contributed by atoms with Crippen molar-refractivity contribution in [2.75, 3.05) is 0 Å². The van der Waals surface area contributed by atoms with E-state index in [4.69, 9.17) is 5.11 Å². The lowest BCUT2D eigenvalue weighted by Crippen LogP contribution is -2.22. The first-order chi connectivity index (χ1) is 4.04. The highest BCUT2D eigenvalue weighted by molar-refractivity contribution is 5.79. The molecule has 0 rings (SSSR count). The number of carboxylic acid groups (broad SMARTS) is 1. The van der Waals surface area contributed by atoms with Crippen molar-refractivity contribution in [3.05, 3.63) is 6.92 Å². The highest BCUT2D eigenvalue weighted by Crippen LogP contribution is 1.89. The number of carbonyl (C=O) groups excluding carboxylic acids is 1. The number of carbonyl (C=O) groups is 2. The Morgan fingerprint density at radius 1 is 1.67 bits per heavy atom. The molecule has 1 N–H and O–H groups in total. The molecule has 0 spiro atoms. The lowest BCUT2D eigenvalue weighted by atomic mass is 10.4. The van der Waals surface area contributed by atoms with Crippen LogP contribution in [0.1, 0.15) is 6.92 Å². The van der Waals surface area contributed by atoms with Gasteiger partial charge in [-0.3, -0.25) is 4.79 Å². The third kappa shape index (κ3) is 3.52. The zero-order chi connectivity index (χ0) is 7.44. The van der Waals surface area contributed by atoms with Crippen molar-refractivity contribution in [2.24, 2.45) is 0 Å². The lowest BCUT2D eigenvalue weighted by Gasteiger charge is -2.03. The van der Waals surface area contributed by atoms with Gasteiger partial charge in [-0.25, -0.2) is 4.79 Å². The van der Waals surface area contributed by atoms with E-state index in [9.17, 15) is 9.59 Å². The quantitative estimate of drug-likeness (QED) is 0.529. The molecule has 51 valence electrons. The van der Waals surface area contributed by atoms with E-state index in [0.717, 1.165) is 0 Å². The van der Waals surface area contributed by atoms with Crippen LogP contribution in [0.3, 0.4) is 0 Å². The van der Waals surface area contributed by atoms with Crippen LogP contribution >= 0.6 is 0 Å². The van der Waals surface area contributed by atoms with Gasteiger partial charge in [-0.1, -0.05) is 0 Å². The molecule has 0 aliphatic heterocycles. The monoisotopic (exact) mass is 131 g/mol. The molecule has 0 aromatic rings. The van der Waals surface area contributed by atoms with Gasteiger partial charge in [-0.15, -0.1) is 0 Å². The van der Waals surface area contributed by atoms with Gasteiger partial charge in [0, 0.05) is 0 Å². The van der Waals surface area contributed by atoms with Crippen LogP contribution in [0.5, 0.6) is 0 Å². The minimum Gasteiger partial charge on any atom is -0.479 e. The first-order valence-corrected chi connectivity index (χ1v) is 2.29. The summed E-state index contributed by atoms with van der Waals surface area (Å²) in [6.07, 6.45) is -1.10. The number of carboxylic acids is 1. The lowest BCUT2D eigenvalue weighted by molar-refractivity contribution is -0.159. The molecule has 0 aliphatic rings. The van der Waals surface area contributed by atoms with Crippen LogP contribution in [-0.2, 0) is 14.3 Å². The highest BCUT2D eigenvalue weighted by Gasteiger charge is 2.12. The van der Waals surface area contributed by atoms with E-state index >= 15 is 0 Å². The summed E-state index contributed by atoms with van der Waals surface area (Å²) in [7, 11) is 0. The minimum absolute atomic E-state index is 0.829. The topological polar surface area (TPSA) is 63.6 Å². The molecule has 0 aromatic heterocycles. The zero-order valence-corrected chi connectivity index (χ0v) is 4.96. The fourth-order valence-electron chi connectivity index (χ4n) is 0.248. The summed E-state index contributed by atoms with van der Waals surface area (Å²) in [6.45, 7) is 4.09. The maximum absolute atomic E-state index is 9.96. The SMILES string of the molecule is [CH2]C(=O)OC(C)C(=O)O. The van der Waals surface area contributed by atoms with Crippen molar-refractivity contribution in [2.45, 2.75) is 13.0 Å². The van der Waals surface area contributed by atoms with Crippen LogP contribution in [-0.4, -0.2) is 23.1 Å². The number of ether oxygens (including phenoxy) is 1. The molecule has 0 amide bonds. The Labute approximate surface area is 52.4 Å². The molecule has 0 bridgehead atoms. The molecule has 1 radical (unpaired) electrons. The van der Waals surface area contributed by atoms with E-state index in [0.29, 0.717) is 0 Å². The largest absolute Gasteiger partial charge is 0.479 e. The number of esters is 1. The van der Waals surface area contributed by atoms with Gasteiger partial charge in [0.2, 0.25) is 0 Å². The Morgan fingerprint density at radius 3 is 2.22 bits per heavy atom. The van der Waals surface area contributed by atoms with Gasteiger partial charge in [0.1, 0.15) is 0 Å². The predicted molar refractivity (Wildman–Crippen MR) is 28.5 cm³/mol. The van der Waals surface area contributed by atoms with Gasteiger partial charge in [0.25, 0.3) is 0 Å². The molecule has 1 unspecified atom stereocenters. The summed E-state index contributed by atoms with van der Waals surface area (Å²) in [5, 5.41) is 8.13. The Hall–Kier alpha value is -1.06. The first-order valence-electron chi connectivity index (χ1n) is 2.29. The molecule has 0 aliphatic carbocycles. The van der Waals surface area contributed by atoms with Crippen molar-refractivity contribution < 1.29 is 19.4 Å². The Kier molecular flexibility index (Phi) is 2.70. The van der Waals surface area contributed by atoms with Gasteiger partial charge in [0.05, 0.1) is 6.92 Å². The standard InChI is InChI=1S/C5H7O4/c1-3(5(7)8)9-4(2)6/h3H,2H2,1H3,(H,7,8). The van der Waals surface area contributed by atoms with E-state index in [1.54, 1.807) is 0 Å². The second-order valence-electron chi connectivity index (χ2n) is 1.47. The van der Waals surface area contributed by atoms with E-state index in [2.05, 4.69) is 11.7 Å². The number of hydrogen-bond acceptors (Lipinski definition) is 3. The Morgan fingerprint density at radius 2 is 2.11 bits per heavy atom. The van der Waals surface area contributed by atoms with Crippen molar-refractivity contribution >= 4 is 11.9 Å². The molecule has 0 aromatic carbocycles. The molecule has 9 heavy (non-hydrogen) atoms. The van der Waals surface area contributed by atoms with E-state index < -0.39 is 18.0 Å². The smallest absolute Gasteiger partial charge is 0.344 e. The highest BCUT2D eigenvalue weighted by atomic mass is 16.6. The molecule has 1 atom stereocenters. The van der Waals surface area contributed by atoms with Crippen LogP contribution < -0.4 is 0 Å². The molecule has 0 fully saturated rings. The third-order valence-corrected chi connectivity index (χ3v) is 0.656. The zero-order valence-electron chi connectivity index (χ0n) is 4.96. The van der Waals surface area contributed by atoms with Crippen LogP contribution in [0.2, 0.25) is 0 Å². The van der Waals surface area contributed by atoms with Crippen LogP contribution in [0, 0.1) is 6.92 Å². The number of rotatable bonds is 2. The van der Waals surface area contributed by atoms with Crippen LogP contribution in [0.15, 0.2) is 0 Å². The summed E-state index contributed by atoms with van der Waals surface area (Å²) < 4.78 is 4.16. The van der Waals surface area contributed by atoms with Crippen molar-refractivity contribution in [1.29, 1.82) is 0 Å². The normalized spacial score (nSPS) is 12.2. The van der Waals surface area contributed by atoms with Crippen LogP contribution in [0.4, 0.5) is 0 Å². The molecule has 0 saturated heterocycles. The van der Waals surface area contributed by atoms with E-state index in [1.165, 1.54) is 6.92 Å². The van der Waals surface area contributed by atoms with Crippen molar-refractivity contribution in [1.82, 2.24) is 0 Å². The van der Waals surface area contributed by atoms with Gasteiger partial charge >= 0.3 is 11.9 Å². The molecular formula is C5H7O4. The Balaban J connectivity index is 3.63. The summed E-state index contributed by atoms with van der Waals surface area (Å²) in [5.74, 6) is -2.00. The van der Waals surface area contributed by atoms with E-state index in [1.807, 2.05) is 0 Å². The second kappa shape index (κ2) is 3.06. The van der Waals surface area contributed by atoms with Gasteiger partial charge in [0.15, 0.2) is 6.10 Å². The molecule has 4 nitrogen and oxygen atoms in total. The number of aliphatic carboxylic acids is 1. The van der Waals surface area contributed by atoms with Crippen LogP contribution in [0.25, 0.3) is 0 Å².